The lowest BCUT2D eigenvalue weighted by molar-refractivity contribution is -0.124. The number of carbonyl (C=O) groups is 2. The summed E-state index contributed by atoms with van der Waals surface area (Å²) >= 11 is 0. The summed E-state index contributed by atoms with van der Waals surface area (Å²) in [5, 5.41) is 8.29. The molecule has 148 valence electrons. The highest BCUT2D eigenvalue weighted by Crippen LogP contribution is 2.01. The highest BCUT2D eigenvalue weighted by molar-refractivity contribution is 5.83. The highest BCUT2D eigenvalue weighted by atomic mass is 16.2. The van der Waals surface area contributed by atoms with Gasteiger partial charge in [-0.15, -0.1) is 0 Å². The number of aldehydes is 1. The minimum atomic E-state index is -0.519. The number of nitrogens with two attached hydrogens (primary N) is 2. The lowest BCUT2D eigenvalue weighted by Gasteiger charge is -2.13. The number of para-hydroxylation sites is 1. The fraction of sp³-hybridized carbons (Fsp3) is 0.474. The predicted molar refractivity (Wildman–Crippen MR) is 109 cm³/mol. The molecular weight excluding hydrogens is 330 g/mol. The molecule has 0 fully saturated rings. The molecule has 0 bridgehead atoms. The maximum Gasteiger partial charge on any atom is 0.237 e. The molecule has 26 heavy (non-hydrogen) atoms. The van der Waals surface area contributed by atoms with Crippen LogP contribution >= 0.6 is 0 Å². The second-order valence-electron chi connectivity index (χ2n) is 5.75. The molecule has 0 heterocycles. The van der Waals surface area contributed by atoms with Gasteiger partial charge in [0.25, 0.3) is 0 Å². The van der Waals surface area contributed by atoms with Gasteiger partial charge in [-0.2, -0.15) is 0 Å². The summed E-state index contributed by atoms with van der Waals surface area (Å²) in [7, 11) is 1.91. The van der Waals surface area contributed by atoms with E-state index in [1.807, 2.05) is 51.2 Å². The predicted octanol–water partition coefficient (Wildman–Crippen LogP) is 1.43. The molecule has 0 aliphatic rings. The first-order chi connectivity index (χ1) is 12.3. The summed E-state index contributed by atoms with van der Waals surface area (Å²) in [4.78, 5) is 20.8. The van der Waals surface area contributed by atoms with Gasteiger partial charge in [-0.25, -0.2) is 0 Å². The van der Waals surface area contributed by atoms with Crippen molar-refractivity contribution in [2.45, 2.75) is 33.2 Å². The van der Waals surface area contributed by atoms with Crippen LogP contribution in [0.1, 0.15) is 27.2 Å². The Morgan fingerprint density at radius 2 is 1.81 bits per heavy atom. The third-order valence-electron chi connectivity index (χ3n) is 3.05. The van der Waals surface area contributed by atoms with Gasteiger partial charge in [0.2, 0.25) is 5.91 Å². The topological polar surface area (TPSA) is 122 Å². The Kier molecular flexibility index (Phi) is 17.1. The van der Waals surface area contributed by atoms with E-state index in [2.05, 4.69) is 29.5 Å². The summed E-state index contributed by atoms with van der Waals surface area (Å²) in [6, 6.07) is 9.55. The number of hydrogen-bond donors (Lipinski definition) is 5. The number of hydrogen-bond acceptors (Lipinski definition) is 6. The minimum absolute atomic E-state index is 0.0409. The van der Waals surface area contributed by atoms with Crippen molar-refractivity contribution < 1.29 is 9.59 Å². The molecule has 1 unspecified atom stereocenters. The third-order valence-corrected chi connectivity index (χ3v) is 3.05. The maximum atomic E-state index is 10.9. The molecule has 7 nitrogen and oxygen atoms in total. The van der Waals surface area contributed by atoms with E-state index in [1.54, 1.807) is 0 Å². The molecule has 0 aliphatic carbocycles. The van der Waals surface area contributed by atoms with Gasteiger partial charge in [0, 0.05) is 19.3 Å². The molecule has 1 aromatic carbocycles. The van der Waals surface area contributed by atoms with Crippen molar-refractivity contribution in [3.63, 3.8) is 0 Å². The lowest BCUT2D eigenvalue weighted by atomic mass is 10.1. The molecular formula is C19H35N5O2. The van der Waals surface area contributed by atoms with E-state index in [0.717, 1.165) is 18.7 Å². The van der Waals surface area contributed by atoms with Crippen molar-refractivity contribution in [2.75, 3.05) is 25.5 Å². The average Bonchev–Trinajstić information content (AvgIpc) is 2.65. The maximum absolute atomic E-state index is 10.9. The van der Waals surface area contributed by atoms with Gasteiger partial charge in [0.05, 0.1) is 18.4 Å². The Morgan fingerprint density at radius 1 is 1.23 bits per heavy atom. The molecule has 0 saturated heterocycles. The van der Waals surface area contributed by atoms with Crippen LogP contribution in [0.5, 0.6) is 0 Å². The Labute approximate surface area is 157 Å². The number of amides is 1. The normalized spacial score (nSPS) is 10.2. The number of rotatable bonds is 8. The van der Waals surface area contributed by atoms with Crippen molar-refractivity contribution in [1.82, 2.24) is 10.6 Å². The summed E-state index contributed by atoms with van der Waals surface area (Å²) in [5.74, 6) is 0.385. The van der Waals surface area contributed by atoms with E-state index >= 15 is 0 Å². The fourth-order valence-corrected chi connectivity index (χ4v) is 1.45. The fourth-order valence-electron chi connectivity index (χ4n) is 1.45. The highest BCUT2D eigenvalue weighted by Gasteiger charge is 2.15. The van der Waals surface area contributed by atoms with E-state index in [9.17, 15) is 9.59 Å². The van der Waals surface area contributed by atoms with Gasteiger partial charge < -0.3 is 32.2 Å². The zero-order chi connectivity index (χ0) is 20.4. The molecule has 7 heteroatoms. The summed E-state index contributed by atoms with van der Waals surface area (Å²) in [5.41, 5.74) is 11.8. The zero-order valence-electron chi connectivity index (χ0n) is 16.4. The Hall–Kier alpha value is -2.54. The van der Waals surface area contributed by atoms with Crippen molar-refractivity contribution in [2.24, 2.45) is 17.4 Å². The van der Waals surface area contributed by atoms with Gasteiger partial charge in [-0.05, 0) is 24.5 Å². The van der Waals surface area contributed by atoms with Crippen LogP contribution in [-0.2, 0) is 9.59 Å². The van der Waals surface area contributed by atoms with Crippen LogP contribution in [0.4, 0.5) is 5.69 Å². The molecule has 1 aromatic rings. The second-order valence-corrected chi connectivity index (χ2v) is 5.75. The SMILES string of the molecule is C=C(N)NCCC.CC(C)C(N)C(=O)NCC=O.CNc1ccccc1. The first kappa shape index (κ1) is 25.7. The zero-order valence-corrected chi connectivity index (χ0v) is 16.4. The van der Waals surface area contributed by atoms with Crippen LogP contribution in [0.15, 0.2) is 42.7 Å². The molecule has 0 spiro atoms. The van der Waals surface area contributed by atoms with Crippen LogP contribution in [0.2, 0.25) is 0 Å². The third kappa shape index (κ3) is 16.3. The number of nitrogens with one attached hydrogen (secondary N) is 3. The quantitative estimate of drug-likeness (QED) is 0.444. The molecule has 0 aliphatic heterocycles. The Balaban J connectivity index is 0. The summed E-state index contributed by atoms with van der Waals surface area (Å²) in [6.07, 6.45) is 1.72. The van der Waals surface area contributed by atoms with E-state index in [0.29, 0.717) is 12.1 Å². The summed E-state index contributed by atoms with van der Waals surface area (Å²) < 4.78 is 0. The number of anilines is 1. The van der Waals surface area contributed by atoms with Gasteiger partial charge in [0.15, 0.2) is 0 Å². The Morgan fingerprint density at radius 3 is 2.12 bits per heavy atom. The molecule has 1 rings (SSSR count). The van der Waals surface area contributed by atoms with Gasteiger partial charge in [-0.3, -0.25) is 4.79 Å². The molecule has 7 N–H and O–H groups in total. The minimum Gasteiger partial charge on any atom is -0.388 e. The van der Waals surface area contributed by atoms with E-state index in [4.69, 9.17) is 11.5 Å². The lowest BCUT2D eigenvalue weighted by Crippen LogP contribution is -2.44. The number of benzene rings is 1. The van der Waals surface area contributed by atoms with Crippen LogP contribution in [0.25, 0.3) is 0 Å². The van der Waals surface area contributed by atoms with E-state index in [1.165, 1.54) is 0 Å². The molecule has 0 saturated carbocycles. The van der Waals surface area contributed by atoms with Crippen LogP contribution in [-0.4, -0.2) is 38.4 Å². The van der Waals surface area contributed by atoms with Crippen molar-refractivity contribution >= 4 is 17.9 Å². The van der Waals surface area contributed by atoms with Gasteiger partial charge in [0.1, 0.15) is 6.29 Å². The van der Waals surface area contributed by atoms with Crippen molar-refractivity contribution in [1.29, 1.82) is 0 Å². The van der Waals surface area contributed by atoms with Crippen LogP contribution in [0, 0.1) is 5.92 Å². The van der Waals surface area contributed by atoms with Crippen molar-refractivity contribution in [3.05, 3.63) is 42.7 Å². The van der Waals surface area contributed by atoms with Gasteiger partial charge in [-0.1, -0.05) is 45.5 Å². The Bertz CT molecular complexity index is 492. The smallest absolute Gasteiger partial charge is 0.237 e. The van der Waals surface area contributed by atoms with E-state index in [-0.39, 0.29) is 18.4 Å². The first-order valence-electron chi connectivity index (χ1n) is 8.68. The van der Waals surface area contributed by atoms with Crippen LogP contribution < -0.4 is 27.4 Å². The summed E-state index contributed by atoms with van der Waals surface area (Å²) in [6.45, 7) is 10.2. The standard InChI is InChI=1S/C7H14N2O2.C7H9N.C5H12N2/c1-5(2)6(8)7(11)9-3-4-10;1-8-7-5-3-2-4-6-7;1-3-4-7-5(2)6/h4-6H,3,8H2,1-2H3,(H,9,11);2-6,8H,1H3;7H,2-4,6H2,1H3. The average molecular weight is 366 g/mol. The van der Waals surface area contributed by atoms with E-state index < -0.39 is 6.04 Å². The van der Waals surface area contributed by atoms with Gasteiger partial charge >= 0.3 is 0 Å². The van der Waals surface area contributed by atoms with Crippen molar-refractivity contribution in [3.8, 4) is 0 Å². The molecule has 1 atom stereocenters. The molecule has 1 amide bonds. The largest absolute Gasteiger partial charge is 0.388 e. The number of carbonyl (C=O) groups excluding carboxylic acids is 2. The first-order valence-corrected chi connectivity index (χ1v) is 8.68. The molecule has 0 radical (unpaired) electrons. The molecule has 0 aromatic heterocycles. The van der Waals surface area contributed by atoms with Crippen LogP contribution in [0.3, 0.4) is 0 Å². The second kappa shape index (κ2) is 17.3. The monoisotopic (exact) mass is 365 g/mol.